The zero-order valence-electron chi connectivity index (χ0n) is 16.6. The molecule has 9 heteroatoms. The maximum Gasteiger partial charge on any atom is 0.264 e. The van der Waals surface area contributed by atoms with E-state index in [0.717, 1.165) is 4.31 Å². The molecule has 0 unspecified atom stereocenters. The van der Waals surface area contributed by atoms with Gasteiger partial charge in [0, 0.05) is 10.0 Å². The Hall–Kier alpha value is -3.17. The predicted octanol–water partition coefficient (Wildman–Crippen LogP) is 3.80. The lowest BCUT2D eigenvalue weighted by molar-refractivity contribution is -0.119. The third kappa shape index (κ3) is 5.71. The Bertz CT molecular complexity index is 1180. The minimum Gasteiger partial charge on any atom is -0.496 e. The number of sulfonamides is 1. The van der Waals surface area contributed by atoms with Crippen molar-refractivity contribution in [3.63, 3.8) is 0 Å². The molecule has 0 aliphatic rings. The highest BCUT2D eigenvalue weighted by Gasteiger charge is 2.27. The number of methoxy groups -OCH3 is 1. The summed E-state index contributed by atoms with van der Waals surface area (Å²) in [6.45, 7) is -0.447. The lowest BCUT2D eigenvalue weighted by Gasteiger charge is -2.23. The molecule has 1 N–H and O–H groups in total. The average Bonchev–Trinajstić information content (AvgIpc) is 2.78. The van der Waals surface area contributed by atoms with Gasteiger partial charge < -0.3 is 4.74 Å². The van der Waals surface area contributed by atoms with Crippen LogP contribution in [0, 0.1) is 0 Å². The standard InChI is InChI=1S/C22H20BrN3O4S/c1-30-21-13-6-5-8-17(21)15-24-25-22(27)16-26(19-10-7-9-18(23)14-19)31(28,29)20-11-3-2-4-12-20/h2-15H,16H2,1H3,(H,25,27)/b24-15-. The van der Waals surface area contributed by atoms with E-state index in [1.807, 2.05) is 12.1 Å². The third-order valence-electron chi connectivity index (χ3n) is 4.25. The monoisotopic (exact) mass is 501 g/mol. The number of para-hydroxylation sites is 1. The van der Waals surface area contributed by atoms with E-state index >= 15 is 0 Å². The predicted molar refractivity (Wildman–Crippen MR) is 124 cm³/mol. The number of nitrogens with zero attached hydrogens (tertiary/aromatic N) is 2. The second kappa shape index (κ2) is 10.2. The van der Waals surface area contributed by atoms with Crippen LogP contribution >= 0.6 is 15.9 Å². The Kier molecular flexibility index (Phi) is 7.43. The third-order valence-corrected chi connectivity index (χ3v) is 6.53. The van der Waals surface area contributed by atoms with Crippen molar-refractivity contribution in [2.45, 2.75) is 4.90 Å². The Morgan fingerprint density at radius 1 is 1.06 bits per heavy atom. The fourth-order valence-corrected chi connectivity index (χ4v) is 4.60. The molecule has 7 nitrogen and oxygen atoms in total. The lowest BCUT2D eigenvalue weighted by Crippen LogP contribution is -2.39. The van der Waals surface area contributed by atoms with Gasteiger partial charge in [-0.3, -0.25) is 9.10 Å². The number of nitrogens with one attached hydrogen (secondary N) is 1. The van der Waals surface area contributed by atoms with Crippen molar-refractivity contribution in [2.75, 3.05) is 18.0 Å². The van der Waals surface area contributed by atoms with Gasteiger partial charge in [-0.2, -0.15) is 5.10 Å². The summed E-state index contributed by atoms with van der Waals surface area (Å²) in [6, 6.07) is 21.9. The summed E-state index contributed by atoms with van der Waals surface area (Å²) in [4.78, 5) is 12.6. The van der Waals surface area contributed by atoms with Crippen LogP contribution in [0.1, 0.15) is 5.56 Å². The van der Waals surface area contributed by atoms with Crippen LogP contribution in [-0.2, 0) is 14.8 Å². The summed E-state index contributed by atoms with van der Waals surface area (Å²) in [5.41, 5.74) is 3.40. The van der Waals surface area contributed by atoms with Gasteiger partial charge in [-0.05, 0) is 42.5 Å². The summed E-state index contributed by atoms with van der Waals surface area (Å²) in [5.74, 6) is 0.00791. The zero-order chi connectivity index (χ0) is 22.3. The summed E-state index contributed by atoms with van der Waals surface area (Å²) in [7, 11) is -2.44. The Balaban J connectivity index is 1.83. The van der Waals surface area contributed by atoms with Gasteiger partial charge in [0.15, 0.2) is 0 Å². The first-order valence-electron chi connectivity index (χ1n) is 9.20. The molecule has 0 radical (unpaired) electrons. The molecule has 0 saturated carbocycles. The number of rotatable bonds is 8. The molecule has 0 atom stereocenters. The number of hydrogen-bond acceptors (Lipinski definition) is 5. The first kappa shape index (κ1) is 22.5. The highest BCUT2D eigenvalue weighted by atomic mass is 79.9. The molecular formula is C22H20BrN3O4S. The second-order valence-electron chi connectivity index (χ2n) is 6.34. The SMILES string of the molecule is COc1ccccc1/C=N\NC(=O)CN(c1cccc(Br)c1)S(=O)(=O)c1ccccc1. The van der Waals surface area contributed by atoms with Gasteiger partial charge in [-0.1, -0.05) is 52.3 Å². The minimum absolute atomic E-state index is 0.0836. The van der Waals surface area contributed by atoms with E-state index in [9.17, 15) is 13.2 Å². The van der Waals surface area contributed by atoms with Crippen LogP contribution in [0.4, 0.5) is 5.69 Å². The molecule has 3 aromatic rings. The van der Waals surface area contributed by atoms with Crippen molar-refractivity contribution >= 4 is 43.8 Å². The molecule has 0 saturated heterocycles. The van der Waals surface area contributed by atoms with Crippen molar-refractivity contribution in [3.8, 4) is 5.75 Å². The van der Waals surface area contributed by atoms with E-state index in [1.165, 1.54) is 25.5 Å². The molecular weight excluding hydrogens is 482 g/mol. The molecule has 1 amide bonds. The highest BCUT2D eigenvalue weighted by molar-refractivity contribution is 9.10. The van der Waals surface area contributed by atoms with Crippen LogP contribution in [0.2, 0.25) is 0 Å². The first-order chi connectivity index (χ1) is 14.9. The largest absolute Gasteiger partial charge is 0.496 e. The fraction of sp³-hybridized carbons (Fsp3) is 0.0909. The molecule has 0 fully saturated rings. The van der Waals surface area contributed by atoms with Gasteiger partial charge in [-0.25, -0.2) is 13.8 Å². The quantitative estimate of drug-likeness (QED) is 0.375. The number of benzene rings is 3. The van der Waals surface area contributed by atoms with E-state index in [2.05, 4.69) is 26.5 Å². The van der Waals surface area contributed by atoms with Gasteiger partial charge in [-0.15, -0.1) is 0 Å². The Labute approximate surface area is 189 Å². The number of hydrogen-bond donors (Lipinski definition) is 1. The smallest absolute Gasteiger partial charge is 0.264 e. The van der Waals surface area contributed by atoms with Crippen LogP contribution in [0.25, 0.3) is 0 Å². The molecule has 0 aliphatic carbocycles. The molecule has 160 valence electrons. The summed E-state index contributed by atoms with van der Waals surface area (Å²) in [6.07, 6.45) is 1.44. The minimum atomic E-state index is -3.97. The molecule has 0 aliphatic heterocycles. The Morgan fingerprint density at radius 2 is 1.77 bits per heavy atom. The maximum absolute atomic E-state index is 13.2. The van der Waals surface area contributed by atoms with Gasteiger partial charge in [0.1, 0.15) is 12.3 Å². The molecule has 0 spiro atoms. The topological polar surface area (TPSA) is 88.1 Å². The van der Waals surface area contributed by atoms with E-state index < -0.39 is 22.5 Å². The number of hydrazone groups is 1. The average molecular weight is 502 g/mol. The van der Waals surface area contributed by atoms with Crippen LogP contribution in [-0.4, -0.2) is 34.2 Å². The normalized spacial score (nSPS) is 11.3. The van der Waals surface area contributed by atoms with Gasteiger partial charge in [0.2, 0.25) is 0 Å². The lowest BCUT2D eigenvalue weighted by atomic mass is 10.2. The number of carbonyl (C=O) groups is 1. The molecule has 0 aromatic heterocycles. The summed E-state index contributed by atoms with van der Waals surface area (Å²) >= 11 is 3.34. The van der Waals surface area contributed by atoms with E-state index in [1.54, 1.807) is 54.6 Å². The van der Waals surface area contributed by atoms with E-state index in [-0.39, 0.29) is 4.90 Å². The van der Waals surface area contributed by atoms with Gasteiger partial charge in [0.05, 0.1) is 23.9 Å². The number of ether oxygens (including phenoxy) is 1. The van der Waals surface area contributed by atoms with Crippen molar-refractivity contribution in [1.82, 2.24) is 5.43 Å². The van der Waals surface area contributed by atoms with E-state index in [0.29, 0.717) is 21.5 Å². The summed E-state index contributed by atoms with van der Waals surface area (Å²) in [5, 5.41) is 3.93. The molecule has 0 bridgehead atoms. The van der Waals surface area contributed by atoms with Crippen molar-refractivity contribution in [2.24, 2.45) is 5.10 Å². The molecule has 31 heavy (non-hydrogen) atoms. The van der Waals surface area contributed by atoms with Crippen molar-refractivity contribution in [3.05, 3.63) is 88.9 Å². The fourth-order valence-electron chi connectivity index (χ4n) is 2.78. The zero-order valence-corrected chi connectivity index (χ0v) is 19.0. The number of carbonyl (C=O) groups excluding carboxylic acids is 1. The molecule has 3 aromatic carbocycles. The maximum atomic E-state index is 13.2. The van der Waals surface area contributed by atoms with Crippen LogP contribution in [0.3, 0.4) is 0 Å². The molecule has 0 heterocycles. The van der Waals surface area contributed by atoms with Gasteiger partial charge >= 0.3 is 0 Å². The number of anilines is 1. The number of amides is 1. The summed E-state index contributed by atoms with van der Waals surface area (Å²) < 4.78 is 33.4. The Morgan fingerprint density at radius 3 is 2.48 bits per heavy atom. The second-order valence-corrected chi connectivity index (χ2v) is 9.12. The van der Waals surface area contributed by atoms with E-state index in [4.69, 9.17) is 4.74 Å². The van der Waals surface area contributed by atoms with Crippen molar-refractivity contribution in [1.29, 1.82) is 0 Å². The first-order valence-corrected chi connectivity index (χ1v) is 11.4. The van der Waals surface area contributed by atoms with Gasteiger partial charge in [0.25, 0.3) is 15.9 Å². The van der Waals surface area contributed by atoms with Crippen LogP contribution < -0.4 is 14.5 Å². The van der Waals surface area contributed by atoms with Crippen molar-refractivity contribution < 1.29 is 17.9 Å². The molecule has 3 rings (SSSR count). The number of halogens is 1. The highest BCUT2D eigenvalue weighted by Crippen LogP contribution is 2.26. The van der Waals surface area contributed by atoms with Crippen LogP contribution in [0.15, 0.2) is 93.3 Å². The van der Waals surface area contributed by atoms with Crippen LogP contribution in [0.5, 0.6) is 5.75 Å².